The number of urea groups is 1. The first-order valence-electron chi connectivity index (χ1n) is 8.31. The molecule has 1 fully saturated rings. The molecule has 2 aliphatic rings. The zero-order chi connectivity index (χ0) is 17.2. The lowest BCUT2D eigenvalue weighted by Crippen LogP contribution is -2.24. The molecule has 0 bridgehead atoms. The molecule has 3 amide bonds. The third-order valence-electron chi connectivity index (χ3n) is 4.49. The van der Waals surface area contributed by atoms with E-state index in [-0.39, 0.29) is 17.6 Å². The number of nitrogens with zero attached hydrogens (tertiary/aromatic N) is 2. The van der Waals surface area contributed by atoms with Gasteiger partial charge in [0.2, 0.25) is 5.91 Å². The van der Waals surface area contributed by atoms with E-state index in [0.717, 1.165) is 46.5 Å². The van der Waals surface area contributed by atoms with Gasteiger partial charge in [-0.25, -0.2) is 9.79 Å². The molecule has 6 heteroatoms. The minimum atomic E-state index is -0.440. The number of rotatable bonds is 3. The van der Waals surface area contributed by atoms with Gasteiger partial charge in [0.05, 0.1) is 10.8 Å². The molecule has 1 heterocycles. The highest BCUT2D eigenvalue weighted by Gasteiger charge is 2.32. The predicted octanol–water partition coefficient (Wildman–Crippen LogP) is 4.28. The summed E-state index contributed by atoms with van der Waals surface area (Å²) in [7, 11) is 0. The Morgan fingerprint density at radius 2 is 2.00 bits per heavy atom. The Morgan fingerprint density at radius 1 is 1.16 bits per heavy atom. The van der Waals surface area contributed by atoms with E-state index < -0.39 is 6.03 Å². The van der Waals surface area contributed by atoms with Crippen LogP contribution < -0.4 is 5.32 Å². The van der Waals surface area contributed by atoms with Gasteiger partial charge in [-0.2, -0.15) is 4.99 Å². The number of carbonyl (C=O) groups is 2. The van der Waals surface area contributed by atoms with Crippen molar-refractivity contribution >= 4 is 50.9 Å². The maximum absolute atomic E-state index is 12.4. The number of thioether (sulfide) groups is 1. The molecule has 5 nitrogen and oxygen atoms in total. The molecule has 2 aromatic carbocycles. The van der Waals surface area contributed by atoms with Crippen molar-refractivity contribution in [2.45, 2.75) is 19.3 Å². The van der Waals surface area contributed by atoms with Crippen LogP contribution in [-0.2, 0) is 4.79 Å². The number of fused-ring (bicyclic) bond motifs is 2. The van der Waals surface area contributed by atoms with Crippen LogP contribution in [0.4, 0.5) is 10.5 Å². The average Bonchev–Trinajstić information content (AvgIpc) is 3.08. The smallest absolute Gasteiger partial charge is 0.325 e. The maximum atomic E-state index is 12.4. The van der Waals surface area contributed by atoms with E-state index in [1.54, 1.807) is 0 Å². The Balaban J connectivity index is 1.43. The topological polar surface area (TPSA) is 70.9 Å². The molecule has 2 aromatic rings. The van der Waals surface area contributed by atoms with Crippen molar-refractivity contribution in [3.8, 4) is 0 Å². The van der Waals surface area contributed by atoms with Crippen LogP contribution >= 0.6 is 11.8 Å². The van der Waals surface area contributed by atoms with Crippen LogP contribution in [-0.4, -0.2) is 28.4 Å². The Morgan fingerprint density at radius 3 is 2.92 bits per heavy atom. The average molecular weight is 351 g/mol. The molecule has 0 aromatic heterocycles. The van der Waals surface area contributed by atoms with Crippen LogP contribution in [0.5, 0.6) is 0 Å². The molecule has 126 valence electrons. The highest BCUT2D eigenvalue weighted by atomic mass is 32.2. The maximum Gasteiger partial charge on any atom is 0.367 e. The molecule has 1 aliphatic heterocycles. The number of nitrogens with one attached hydrogen (secondary N) is 1. The molecule has 4 rings (SSSR count). The monoisotopic (exact) mass is 351 g/mol. The van der Waals surface area contributed by atoms with Gasteiger partial charge in [-0.3, -0.25) is 4.79 Å². The van der Waals surface area contributed by atoms with E-state index >= 15 is 0 Å². The van der Waals surface area contributed by atoms with Crippen molar-refractivity contribution < 1.29 is 9.59 Å². The normalized spacial score (nSPS) is 19.4. The number of carbonyl (C=O) groups excluding carboxylic acids is 2. The van der Waals surface area contributed by atoms with Crippen LogP contribution in [0.3, 0.4) is 0 Å². The van der Waals surface area contributed by atoms with Crippen molar-refractivity contribution in [3.05, 3.63) is 42.5 Å². The summed E-state index contributed by atoms with van der Waals surface area (Å²) in [5.74, 6) is 0.269. The highest BCUT2D eigenvalue weighted by molar-refractivity contribution is 8.14. The second-order valence-electron chi connectivity index (χ2n) is 6.14. The summed E-state index contributed by atoms with van der Waals surface area (Å²) in [6.07, 6.45) is 2.85. The van der Waals surface area contributed by atoms with Crippen LogP contribution in [0.2, 0.25) is 0 Å². The van der Waals surface area contributed by atoms with Crippen LogP contribution in [0.15, 0.2) is 52.4 Å². The summed E-state index contributed by atoms with van der Waals surface area (Å²) in [6, 6.07) is 13.3. The van der Waals surface area contributed by atoms with Gasteiger partial charge in [0.1, 0.15) is 0 Å². The van der Waals surface area contributed by atoms with Crippen molar-refractivity contribution in [3.63, 3.8) is 0 Å². The van der Waals surface area contributed by atoms with Gasteiger partial charge in [0.25, 0.3) is 0 Å². The van der Waals surface area contributed by atoms with Gasteiger partial charge in [0.15, 0.2) is 0 Å². The fourth-order valence-electron chi connectivity index (χ4n) is 3.34. The lowest BCUT2D eigenvalue weighted by atomic mass is 10.1. The van der Waals surface area contributed by atoms with Gasteiger partial charge in [-0.05, 0) is 30.7 Å². The molecular weight excluding hydrogens is 334 g/mol. The summed E-state index contributed by atoms with van der Waals surface area (Å²) >= 11 is 1.35. The van der Waals surface area contributed by atoms with Crippen LogP contribution in [0.25, 0.3) is 10.8 Å². The van der Waals surface area contributed by atoms with Gasteiger partial charge in [-0.1, -0.05) is 48.2 Å². The fourth-order valence-corrected chi connectivity index (χ4v) is 4.29. The Kier molecular flexibility index (Phi) is 4.36. The van der Waals surface area contributed by atoms with Crippen LogP contribution in [0.1, 0.15) is 19.3 Å². The van der Waals surface area contributed by atoms with E-state index in [4.69, 9.17) is 0 Å². The van der Waals surface area contributed by atoms with Gasteiger partial charge in [0, 0.05) is 22.7 Å². The molecule has 0 saturated heterocycles. The van der Waals surface area contributed by atoms with E-state index in [1.165, 1.54) is 11.8 Å². The Hall–Kier alpha value is -2.47. The highest BCUT2D eigenvalue weighted by Crippen LogP contribution is 2.31. The second kappa shape index (κ2) is 6.80. The van der Waals surface area contributed by atoms with E-state index in [2.05, 4.69) is 15.3 Å². The van der Waals surface area contributed by atoms with Crippen molar-refractivity contribution in [2.75, 3.05) is 11.1 Å². The van der Waals surface area contributed by atoms with Crippen molar-refractivity contribution in [1.82, 2.24) is 0 Å². The number of amides is 3. The molecule has 1 N–H and O–H groups in total. The SMILES string of the molecule is O=C1N=C2CCCC2C(SCC(=O)Nc2cccc3ccccc23)=N1. The minimum Gasteiger partial charge on any atom is -0.325 e. The second-order valence-corrected chi connectivity index (χ2v) is 7.14. The molecule has 25 heavy (non-hydrogen) atoms. The first-order valence-corrected chi connectivity index (χ1v) is 9.30. The Labute approximate surface area is 149 Å². The van der Waals surface area contributed by atoms with Crippen molar-refractivity contribution in [1.29, 1.82) is 0 Å². The molecule has 0 spiro atoms. The summed E-state index contributed by atoms with van der Waals surface area (Å²) in [5, 5.41) is 5.80. The lowest BCUT2D eigenvalue weighted by molar-refractivity contribution is -0.113. The number of hydrogen-bond donors (Lipinski definition) is 1. The third kappa shape index (κ3) is 3.35. The van der Waals surface area contributed by atoms with E-state index in [0.29, 0.717) is 0 Å². The zero-order valence-corrected chi connectivity index (χ0v) is 14.4. The molecule has 1 aliphatic carbocycles. The summed E-state index contributed by atoms with van der Waals surface area (Å²) < 4.78 is 0. The molecule has 1 unspecified atom stereocenters. The lowest BCUT2D eigenvalue weighted by Gasteiger charge is -2.16. The number of hydrogen-bond acceptors (Lipinski definition) is 3. The number of aliphatic imine (C=N–C) groups is 2. The van der Waals surface area contributed by atoms with Gasteiger partial charge < -0.3 is 5.32 Å². The third-order valence-corrected chi connectivity index (χ3v) is 5.56. The first kappa shape index (κ1) is 16.0. The summed E-state index contributed by atoms with van der Waals surface area (Å²) in [5.41, 5.74) is 1.73. The number of benzene rings is 2. The zero-order valence-electron chi connectivity index (χ0n) is 13.6. The van der Waals surface area contributed by atoms with Crippen LogP contribution in [0, 0.1) is 5.92 Å². The predicted molar refractivity (Wildman–Crippen MR) is 103 cm³/mol. The molecule has 1 atom stereocenters. The van der Waals surface area contributed by atoms with Crippen molar-refractivity contribution in [2.24, 2.45) is 15.9 Å². The summed E-state index contributed by atoms with van der Waals surface area (Å²) in [4.78, 5) is 32.0. The molecule has 1 saturated carbocycles. The van der Waals surface area contributed by atoms with E-state index in [1.807, 2.05) is 42.5 Å². The van der Waals surface area contributed by atoms with E-state index in [9.17, 15) is 9.59 Å². The standard InChI is InChI=1S/C19H17N3O2S/c23-17(20-15-9-3-6-12-5-1-2-7-13(12)15)11-25-18-14-8-4-10-16(14)21-19(24)22-18/h1-3,5-7,9,14H,4,8,10-11H2,(H,20,23). The minimum absolute atomic E-state index is 0.0986. The molecular formula is C19H17N3O2S. The van der Waals surface area contributed by atoms with Gasteiger partial charge in [-0.15, -0.1) is 0 Å². The molecule has 0 radical (unpaired) electrons. The first-order chi connectivity index (χ1) is 12.2. The summed E-state index contributed by atoms with van der Waals surface area (Å²) in [6.45, 7) is 0. The number of anilines is 1. The quantitative estimate of drug-likeness (QED) is 0.897. The fraction of sp³-hybridized carbons (Fsp3) is 0.263. The largest absolute Gasteiger partial charge is 0.367 e. The Bertz CT molecular complexity index is 915. The van der Waals surface area contributed by atoms with Gasteiger partial charge >= 0.3 is 6.03 Å².